The van der Waals surface area contributed by atoms with Gasteiger partial charge in [0.05, 0.1) is 6.54 Å². The zero-order valence-corrected chi connectivity index (χ0v) is 17.9. The topological polar surface area (TPSA) is 83.4 Å². The van der Waals surface area contributed by atoms with Crippen LogP contribution < -0.4 is 16.2 Å². The van der Waals surface area contributed by atoms with Crippen LogP contribution in [0.15, 0.2) is 41.3 Å². The minimum Gasteiger partial charge on any atom is -0.355 e. The molecule has 2 N–H and O–H groups in total. The summed E-state index contributed by atoms with van der Waals surface area (Å²) in [7, 11) is 0. The minimum atomic E-state index is -0.362. The van der Waals surface area contributed by atoms with Gasteiger partial charge in [-0.2, -0.15) is 0 Å². The van der Waals surface area contributed by atoms with Gasteiger partial charge < -0.3 is 20.1 Å². The monoisotopic (exact) mass is 412 g/mol. The lowest BCUT2D eigenvalue weighted by atomic mass is 9.92. The van der Waals surface area contributed by atoms with Crippen molar-refractivity contribution >= 4 is 22.6 Å². The second-order valence-electron chi connectivity index (χ2n) is 8.52. The number of piperidine rings is 1. The second-order valence-corrected chi connectivity index (χ2v) is 8.52. The van der Waals surface area contributed by atoms with E-state index >= 15 is 0 Å². The Hall–Kier alpha value is -2.67. The average molecular weight is 413 g/mol. The number of carbonyl (C=O) groups excluding carboxylic acids is 2. The van der Waals surface area contributed by atoms with Crippen LogP contribution >= 0.6 is 0 Å². The van der Waals surface area contributed by atoms with Crippen LogP contribution in [0.25, 0.3) is 10.8 Å². The third kappa shape index (κ3) is 6.16. The van der Waals surface area contributed by atoms with Crippen LogP contribution in [0.4, 0.5) is 0 Å². The summed E-state index contributed by atoms with van der Waals surface area (Å²) in [5, 5.41) is 6.85. The highest BCUT2D eigenvalue weighted by Crippen LogP contribution is 2.20. The molecule has 0 bridgehead atoms. The summed E-state index contributed by atoms with van der Waals surface area (Å²) in [5.74, 6) is 0.885. The normalized spacial score (nSPS) is 19.5. The van der Waals surface area contributed by atoms with Crippen molar-refractivity contribution < 1.29 is 9.59 Å². The van der Waals surface area contributed by atoms with Crippen LogP contribution in [0.5, 0.6) is 0 Å². The van der Waals surface area contributed by atoms with Gasteiger partial charge in [-0.1, -0.05) is 32.0 Å². The van der Waals surface area contributed by atoms with Crippen LogP contribution in [-0.4, -0.2) is 54.0 Å². The first kappa shape index (κ1) is 22.0. The third-order valence-corrected chi connectivity index (χ3v) is 5.56. The van der Waals surface area contributed by atoms with Crippen LogP contribution in [0.1, 0.15) is 26.7 Å². The van der Waals surface area contributed by atoms with E-state index < -0.39 is 0 Å². The maximum Gasteiger partial charge on any atom is 0.258 e. The van der Waals surface area contributed by atoms with Crippen molar-refractivity contribution in [1.82, 2.24) is 20.1 Å². The number of likely N-dealkylation sites (tertiary alicyclic amines) is 1. The van der Waals surface area contributed by atoms with Crippen molar-refractivity contribution in [3.05, 3.63) is 46.9 Å². The summed E-state index contributed by atoms with van der Waals surface area (Å²) in [5.41, 5.74) is -0.214. The molecular weight excluding hydrogens is 380 g/mol. The molecule has 0 saturated carbocycles. The SMILES string of the molecule is CC1CC(C)CN(CCCNC(=O)CNC(=O)Cn2ccc3ccccc3c2=O)C1. The third-order valence-electron chi connectivity index (χ3n) is 5.56. The molecule has 2 unspecified atom stereocenters. The van der Waals surface area contributed by atoms with Crippen molar-refractivity contribution in [3.8, 4) is 0 Å². The Labute approximate surface area is 177 Å². The fourth-order valence-corrected chi connectivity index (χ4v) is 4.31. The number of carbonyl (C=O) groups is 2. The molecule has 1 aromatic carbocycles. The first-order valence-electron chi connectivity index (χ1n) is 10.8. The quantitative estimate of drug-likeness (QED) is 0.645. The molecule has 0 aliphatic carbocycles. The van der Waals surface area contributed by atoms with Gasteiger partial charge in [0.25, 0.3) is 5.56 Å². The molecule has 162 valence electrons. The van der Waals surface area contributed by atoms with Crippen LogP contribution in [-0.2, 0) is 16.1 Å². The maximum absolute atomic E-state index is 12.4. The van der Waals surface area contributed by atoms with Crippen LogP contribution in [0.3, 0.4) is 0 Å². The van der Waals surface area contributed by atoms with Gasteiger partial charge in [0.15, 0.2) is 0 Å². The van der Waals surface area contributed by atoms with Gasteiger partial charge in [0.1, 0.15) is 6.54 Å². The summed E-state index contributed by atoms with van der Waals surface area (Å²) in [6.07, 6.45) is 3.79. The van der Waals surface area contributed by atoms with Crippen molar-refractivity contribution in [2.45, 2.75) is 33.2 Å². The Kier molecular flexibility index (Phi) is 7.63. The van der Waals surface area contributed by atoms with E-state index in [1.807, 2.05) is 12.1 Å². The van der Waals surface area contributed by atoms with E-state index in [1.54, 1.807) is 24.4 Å². The highest BCUT2D eigenvalue weighted by molar-refractivity contribution is 5.85. The molecule has 2 amide bonds. The number of nitrogens with zero attached hydrogens (tertiary/aromatic N) is 2. The van der Waals surface area contributed by atoms with E-state index in [4.69, 9.17) is 0 Å². The molecule has 0 radical (unpaired) electrons. The highest BCUT2D eigenvalue weighted by Gasteiger charge is 2.21. The standard InChI is InChI=1S/C23H32N4O3/c1-17-12-18(2)15-26(14-17)10-5-9-24-21(28)13-25-22(29)16-27-11-8-19-6-3-4-7-20(19)23(27)30/h3-4,6-8,11,17-18H,5,9-10,12-16H2,1-2H3,(H,24,28)(H,25,29). The van der Waals surface area contributed by atoms with E-state index in [0.29, 0.717) is 11.9 Å². The average Bonchev–Trinajstić information content (AvgIpc) is 2.71. The first-order chi connectivity index (χ1) is 14.4. The Balaban J connectivity index is 1.36. The Morgan fingerprint density at radius 2 is 1.77 bits per heavy atom. The molecule has 2 aromatic rings. The first-order valence-corrected chi connectivity index (χ1v) is 10.8. The van der Waals surface area contributed by atoms with Crippen molar-refractivity contribution in [3.63, 3.8) is 0 Å². The van der Waals surface area contributed by atoms with Gasteiger partial charge in [-0.15, -0.1) is 0 Å². The number of benzene rings is 1. The molecule has 1 aliphatic rings. The van der Waals surface area contributed by atoms with E-state index in [-0.39, 0.29) is 30.5 Å². The smallest absolute Gasteiger partial charge is 0.258 e. The zero-order valence-electron chi connectivity index (χ0n) is 17.9. The minimum absolute atomic E-state index is 0.0844. The summed E-state index contributed by atoms with van der Waals surface area (Å²) < 4.78 is 1.36. The maximum atomic E-state index is 12.4. The van der Waals surface area contributed by atoms with E-state index in [1.165, 1.54) is 11.0 Å². The highest BCUT2D eigenvalue weighted by atomic mass is 16.2. The van der Waals surface area contributed by atoms with Gasteiger partial charge in [-0.3, -0.25) is 14.4 Å². The van der Waals surface area contributed by atoms with Gasteiger partial charge in [0, 0.05) is 31.2 Å². The Morgan fingerprint density at radius 1 is 1.03 bits per heavy atom. The zero-order chi connectivity index (χ0) is 21.5. The number of amides is 2. The van der Waals surface area contributed by atoms with E-state index in [0.717, 1.165) is 43.3 Å². The lowest BCUT2D eigenvalue weighted by molar-refractivity contribution is -0.126. The van der Waals surface area contributed by atoms with E-state index in [2.05, 4.69) is 29.4 Å². The molecule has 3 rings (SSSR count). The van der Waals surface area contributed by atoms with Gasteiger partial charge in [-0.25, -0.2) is 0 Å². The Morgan fingerprint density at radius 3 is 2.53 bits per heavy atom. The number of pyridine rings is 1. The predicted octanol–water partition coefficient (Wildman–Crippen LogP) is 1.60. The van der Waals surface area contributed by atoms with Crippen molar-refractivity contribution in [2.24, 2.45) is 11.8 Å². The van der Waals surface area contributed by atoms with Crippen LogP contribution in [0, 0.1) is 11.8 Å². The molecule has 1 aromatic heterocycles. The largest absolute Gasteiger partial charge is 0.355 e. The number of aromatic nitrogens is 1. The van der Waals surface area contributed by atoms with Crippen LogP contribution in [0.2, 0.25) is 0 Å². The number of nitrogens with one attached hydrogen (secondary N) is 2. The van der Waals surface area contributed by atoms with Gasteiger partial charge in [-0.05, 0) is 48.7 Å². The molecule has 0 spiro atoms. The predicted molar refractivity (Wildman–Crippen MR) is 118 cm³/mol. The Bertz CT molecular complexity index is 929. The number of fused-ring (bicyclic) bond motifs is 1. The summed E-state index contributed by atoms with van der Waals surface area (Å²) >= 11 is 0. The molecule has 30 heavy (non-hydrogen) atoms. The molecule has 1 fully saturated rings. The van der Waals surface area contributed by atoms with Gasteiger partial charge in [0.2, 0.25) is 11.8 Å². The molecule has 1 saturated heterocycles. The lowest BCUT2D eigenvalue weighted by Crippen LogP contribution is -2.41. The number of hydrogen-bond acceptors (Lipinski definition) is 4. The van der Waals surface area contributed by atoms with Gasteiger partial charge >= 0.3 is 0 Å². The van der Waals surface area contributed by atoms with Crippen molar-refractivity contribution in [1.29, 1.82) is 0 Å². The molecular formula is C23H32N4O3. The lowest BCUT2D eigenvalue weighted by Gasteiger charge is -2.34. The second kappa shape index (κ2) is 10.4. The number of rotatable bonds is 8. The molecule has 7 nitrogen and oxygen atoms in total. The molecule has 2 atom stereocenters. The number of hydrogen-bond donors (Lipinski definition) is 2. The molecule has 2 heterocycles. The summed E-state index contributed by atoms with van der Waals surface area (Å²) in [4.78, 5) is 39.0. The summed E-state index contributed by atoms with van der Waals surface area (Å²) in [6.45, 7) is 8.22. The van der Waals surface area contributed by atoms with Crippen molar-refractivity contribution in [2.75, 3.05) is 32.7 Å². The molecule has 1 aliphatic heterocycles. The molecule has 7 heteroatoms. The van der Waals surface area contributed by atoms with E-state index in [9.17, 15) is 14.4 Å². The fraction of sp³-hybridized carbons (Fsp3) is 0.522. The fourth-order valence-electron chi connectivity index (χ4n) is 4.31. The summed E-state index contributed by atoms with van der Waals surface area (Å²) in [6, 6.07) is 9.07.